The van der Waals surface area contributed by atoms with Crippen molar-refractivity contribution >= 4 is 0 Å². The van der Waals surface area contributed by atoms with Crippen LogP contribution >= 0.6 is 0 Å². The third kappa shape index (κ3) is 1.83. The Kier molecular flexibility index (Phi) is 2.29. The molecule has 0 spiro atoms. The Balaban J connectivity index is 2.21. The second kappa shape index (κ2) is 3.02. The summed E-state index contributed by atoms with van der Waals surface area (Å²) in [7, 11) is 0. The second-order valence-corrected chi connectivity index (χ2v) is 2.67. The molecule has 52 valence electrons. The van der Waals surface area contributed by atoms with Crippen LogP contribution in [0.15, 0.2) is 12.7 Å². The van der Waals surface area contributed by atoms with Gasteiger partial charge in [0.25, 0.3) is 0 Å². The van der Waals surface area contributed by atoms with E-state index in [0.29, 0.717) is 12.2 Å². The predicted molar refractivity (Wildman–Crippen MR) is 38.4 cm³/mol. The minimum atomic E-state index is 0.470. The molecule has 0 saturated carbocycles. The topological polar surface area (TPSA) is 9.23 Å². The minimum Gasteiger partial charge on any atom is -0.375 e. The molecule has 0 radical (unpaired) electrons. The van der Waals surface area contributed by atoms with E-state index in [9.17, 15) is 0 Å². The molecule has 1 heterocycles. The standard InChI is InChI=1S/C8H14O/c1-3-4-8-6-5-7(2)9-8/h3,7-8H,1,4-6H2,2H3. The summed E-state index contributed by atoms with van der Waals surface area (Å²) in [5.74, 6) is 0. The van der Waals surface area contributed by atoms with Crippen LogP contribution in [0.1, 0.15) is 26.2 Å². The molecular weight excluding hydrogens is 112 g/mol. The Bertz CT molecular complexity index is 98.7. The van der Waals surface area contributed by atoms with E-state index in [0.717, 1.165) is 6.42 Å². The molecule has 1 aliphatic rings. The van der Waals surface area contributed by atoms with Crippen LogP contribution < -0.4 is 0 Å². The average molecular weight is 126 g/mol. The highest BCUT2D eigenvalue weighted by molar-refractivity contribution is 4.78. The number of hydrogen-bond acceptors (Lipinski definition) is 1. The van der Waals surface area contributed by atoms with Crippen molar-refractivity contribution < 1.29 is 4.74 Å². The molecule has 1 saturated heterocycles. The average Bonchev–Trinajstić information content (AvgIpc) is 2.17. The Morgan fingerprint density at radius 3 is 2.89 bits per heavy atom. The Labute approximate surface area is 56.7 Å². The summed E-state index contributed by atoms with van der Waals surface area (Å²) in [4.78, 5) is 0. The Morgan fingerprint density at radius 1 is 1.67 bits per heavy atom. The van der Waals surface area contributed by atoms with Gasteiger partial charge in [0.15, 0.2) is 0 Å². The maximum Gasteiger partial charge on any atom is 0.0614 e. The van der Waals surface area contributed by atoms with Gasteiger partial charge in [0.1, 0.15) is 0 Å². The second-order valence-electron chi connectivity index (χ2n) is 2.67. The van der Waals surface area contributed by atoms with Gasteiger partial charge in [-0.3, -0.25) is 0 Å². The van der Waals surface area contributed by atoms with Gasteiger partial charge < -0.3 is 4.74 Å². The van der Waals surface area contributed by atoms with E-state index >= 15 is 0 Å². The van der Waals surface area contributed by atoms with Gasteiger partial charge in [0, 0.05) is 0 Å². The van der Waals surface area contributed by atoms with Crippen LogP contribution in [-0.4, -0.2) is 12.2 Å². The molecule has 0 bridgehead atoms. The summed E-state index contributed by atoms with van der Waals surface area (Å²) >= 11 is 0. The Morgan fingerprint density at radius 2 is 2.44 bits per heavy atom. The molecule has 1 fully saturated rings. The van der Waals surface area contributed by atoms with Crippen LogP contribution in [-0.2, 0) is 4.74 Å². The highest BCUT2D eigenvalue weighted by atomic mass is 16.5. The van der Waals surface area contributed by atoms with Gasteiger partial charge in [-0.05, 0) is 26.2 Å². The van der Waals surface area contributed by atoms with Gasteiger partial charge in [0.05, 0.1) is 12.2 Å². The normalized spacial score (nSPS) is 34.8. The fourth-order valence-corrected chi connectivity index (χ4v) is 1.24. The number of hydrogen-bond donors (Lipinski definition) is 0. The maximum absolute atomic E-state index is 5.53. The van der Waals surface area contributed by atoms with Crippen LogP contribution in [0.5, 0.6) is 0 Å². The van der Waals surface area contributed by atoms with Crippen LogP contribution in [0.3, 0.4) is 0 Å². The molecule has 9 heavy (non-hydrogen) atoms. The zero-order chi connectivity index (χ0) is 6.69. The van der Waals surface area contributed by atoms with E-state index in [1.807, 2.05) is 6.08 Å². The molecule has 0 aromatic carbocycles. The highest BCUT2D eigenvalue weighted by Crippen LogP contribution is 2.21. The van der Waals surface area contributed by atoms with E-state index in [-0.39, 0.29) is 0 Å². The smallest absolute Gasteiger partial charge is 0.0614 e. The molecule has 0 aliphatic carbocycles. The first-order valence-corrected chi connectivity index (χ1v) is 3.59. The van der Waals surface area contributed by atoms with E-state index in [4.69, 9.17) is 4.74 Å². The lowest BCUT2D eigenvalue weighted by atomic mass is 10.1. The summed E-state index contributed by atoms with van der Waals surface area (Å²) in [6.07, 6.45) is 6.34. The molecule has 1 rings (SSSR count). The lowest BCUT2D eigenvalue weighted by molar-refractivity contribution is 0.0580. The quantitative estimate of drug-likeness (QED) is 0.515. The largest absolute Gasteiger partial charge is 0.375 e. The first kappa shape index (κ1) is 6.81. The molecule has 2 unspecified atom stereocenters. The van der Waals surface area contributed by atoms with E-state index < -0.39 is 0 Å². The molecule has 1 aliphatic heterocycles. The van der Waals surface area contributed by atoms with Gasteiger partial charge in [-0.15, -0.1) is 6.58 Å². The van der Waals surface area contributed by atoms with Crippen LogP contribution in [0.2, 0.25) is 0 Å². The summed E-state index contributed by atoms with van der Waals surface area (Å²) in [5, 5.41) is 0. The monoisotopic (exact) mass is 126 g/mol. The SMILES string of the molecule is C=CCC1CCC(C)O1. The number of rotatable bonds is 2. The fraction of sp³-hybridized carbons (Fsp3) is 0.750. The fourth-order valence-electron chi connectivity index (χ4n) is 1.24. The van der Waals surface area contributed by atoms with Gasteiger partial charge in [0.2, 0.25) is 0 Å². The zero-order valence-corrected chi connectivity index (χ0v) is 5.97. The molecule has 0 aromatic heterocycles. The van der Waals surface area contributed by atoms with Crippen molar-refractivity contribution in [1.29, 1.82) is 0 Å². The van der Waals surface area contributed by atoms with Crippen molar-refractivity contribution in [3.05, 3.63) is 12.7 Å². The summed E-state index contributed by atoms with van der Waals surface area (Å²) in [6, 6.07) is 0. The van der Waals surface area contributed by atoms with Crippen LogP contribution in [0.25, 0.3) is 0 Å². The van der Waals surface area contributed by atoms with E-state index in [2.05, 4.69) is 13.5 Å². The van der Waals surface area contributed by atoms with Crippen molar-refractivity contribution in [3.63, 3.8) is 0 Å². The lowest BCUT2D eigenvalue weighted by Crippen LogP contribution is -2.05. The summed E-state index contributed by atoms with van der Waals surface area (Å²) < 4.78 is 5.53. The van der Waals surface area contributed by atoms with Gasteiger partial charge >= 0.3 is 0 Å². The van der Waals surface area contributed by atoms with Crippen LogP contribution in [0.4, 0.5) is 0 Å². The minimum absolute atomic E-state index is 0.470. The summed E-state index contributed by atoms with van der Waals surface area (Å²) in [6.45, 7) is 5.80. The lowest BCUT2D eigenvalue weighted by Gasteiger charge is -2.06. The Hall–Kier alpha value is -0.300. The third-order valence-electron chi connectivity index (χ3n) is 1.75. The molecule has 0 aromatic rings. The van der Waals surface area contributed by atoms with Gasteiger partial charge in [-0.25, -0.2) is 0 Å². The first-order chi connectivity index (χ1) is 4.33. The van der Waals surface area contributed by atoms with E-state index in [1.54, 1.807) is 0 Å². The first-order valence-electron chi connectivity index (χ1n) is 3.59. The van der Waals surface area contributed by atoms with Gasteiger partial charge in [-0.2, -0.15) is 0 Å². The van der Waals surface area contributed by atoms with Crippen molar-refractivity contribution in [3.8, 4) is 0 Å². The molecule has 0 amide bonds. The van der Waals surface area contributed by atoms with Crippen molar-refractivity contribution in [1.82, 2.24) is 0 Å². The zero-order valence-electron chi connectivity index (χ0n) is 5.97. The molecule has 1 heteroatoms. The van der Waals surface area contributed by atoms with Crippen molar-refractivity contribution in [2.75, 3.05) is 0 Å². The molecular formula is C8H14O. The van der Waals surface area contributed by atoms with Crippen molar-refractivity contribution in [2.45, 2.75) is 38.4 Å². The maximum atomic E-state index is 5.53. The third-order valence-corrected chi connectivity index (χ3v) is 1.75. The van der Waals surface area contributed by atoms with Crippen molar-refractivity contribution in [2.24, 2.45) is 0 Å². The highest BCUT2D eigenvalue weighted by Gasteiger charge is 2.19. The molecule has 0 N–H and O–H groups in total. The summed E-state index contributed by atoms with van der Waals surface area (Å²) in [5.41, 5.74) is 0. The van der Waals surface area contributed by atoms with Crippen LogP contribution in [0, 0.1) is 0 Å². The predicted octanol–water partition coefficient (Wildman–Crippen LogP) is 2.13. The number of ether oxygens (including phenoxy) is 1. The van der Waals surface area contributed by atoms with Gasteiger partial charge in [-0.1, -0.05) is 6.08 Å². The molecule has 2 atom stereocenters. The molecule has 1 nitrogen and oxygen atoms in total. The van der Waals surface area contributed by atoms with E-state index in [1.165, 1.54) is 12.8 Å².